The second-order valence-electron chi connectivity index (χ2n) is 2.62. The molecule has 0 amide bonds. The largest absolute Gasteiger partial charge is 0.452 e. The first kappa shape index (κ1) is 5.49. The SMILES string of the molecule is c1c2c(n3c1COC3)OCO2. The minimum absolute atomic E-state index is 0.338. The van der Waals surface area contributed by atoms with Crippen molar-refractivity contribution in [3.8, 4) is 11.6 Å². The standard InChI is InChI=1S/C7H7NO3/c1-5-2-9-3-8(5)7-6(1)10-4-11-7/h1H,2-4H2. The normalized spacial score (nSPS) is 18.9. The van der Waals surface area contributed by atoms with Gasteiger partial charge >= 0.3 is 0 Å². The van der Waals surface area contributed by atoms with Gasteiger partial charge in [0, 0.05) is 6.07 Å². The molecule has 11 heavy (non-hydrogen) atoms. The lowest BCUT2D eigenvalue weighted by Crippen LogP contribution is -2.00. The third kappa shape index (κ3) is 0.574. The molecule has 0 atom stereocenters. The minimum atomic E-state index is 0.338. The Balaban J connectivity index is 2.22. The lowest BCUT2D eigenvalue weighted by molar-refractivity contribution is 0.102. The molecule has 0 saturated heterocycles. The van der Waals surface area contributed by atoms with E-state index in [0.29, 0.717) is 20.1 Å². The van der Waals surface area contributed by atoms with Gasteiger partial charge in [-0.15, -0.1) is 0 Å². The minimum Gasteiger partial charge on any atom is -0.452 e. The van der Waals surface area contributed by atoms with Crippen LogP contribution in [-0.2, 0) is 18.1 Å². The van der Waals surface area contributed by atoms with Crippen LogP contribution in [0.2, 0.25) is 0 Å². The van der Waals surface area contributed by atoms with Gasteiger partial charge in [-0.1, -0.05) is 0 Å². The molecule has 0 N–H and O–H groups in total. The molecule has 0 radical (unpaired) electrons. The monoisotopic (exact) mass is 153 g/mol. The van der Waals surface area contributed by atoms with Crippen molar-refractivity contribution in [3.05, 3.63) is 11.8 Å². The molecule has 4 heteroatoms. The maximum absolute atomic E-state index is 5.24. The third-order valence-electron chi connectivity index (χ3n) is 1.98. The predicted octanol–water partition coefficient (Wildman–Crippen LogP) is 0.704. The number of hydrogen-bond acceptors (Lipinski definition) is 3. The van der Waals surface area contributed by atoms with Crippen molar-refractivity contribution in [2.24, 2.45) is 0 Å². The first-order chi connectivity index (χ1) is 5.45. The average molecular weight is 153 g/mol. The van der Waals surface area contributed by atoms with Gasteiger partial charge in [0.25, 0.3) is 0 Å². The van der Waals surface area contributed by atoms with Gasteiger partial charge < -0.3 is 14.2 Å². The van der Waals surface area contributed by atoms with Gasteiger partial charge in [0.15, 0.2) is 5.75 Å². The topological polar surface area (TPSA) is 32.6 Å². The predicted molar refractivity (Wildman–Crippen MR) is 35.3 cm³/mol. The van der Waals surface area contributed by atoms with Crippen LogP contribution in [0.15, 0.2) is 6.07 Å². The molecule has 0 fully saturated rings. The summed E-state index contributed by atoms with van der Waals surface area (Å²) in [6.07, 6.45) is 0. The number of fused-ring (bicyclic) bond motifs is 3. The zero-order chi connectivity index (χ0) is 7.26. The zero-order valence-corrected chi connectivity index (χ0v) is 5.87. The van der Waals surface area contributed by atoms with Crippen LogP contribution in [-0.4, -0.2) is 11.4 Å². The second-order valence-corrected chi connectivity index (χ2v) is 2.62. The Morgan fingerprint density at radius 3 is 3.36 bits per heavy atom. The molecule has 58 valence electrons. The summed E-state index contributed by atoms with van der Waals surface area (Å²) < 4.78 is 17.6. The van der Waals surface area contributed by atoms with Crippen LogP contribution in [0.3, 0.4) is 0 Å². The molecule has 4 nitrogen and oxygen atoms in total. The number of nitrogens with zero attached hydrogens (tertiary/aromatic N) is 1. The number of rotatable bonds is 0. The van der Waals surface area contributed by atoms with Crippen LogP contribution in [0.4, 0.5) is 0 Å². The van der Waals surface area contributed by atoms with E-state index >= 15 is 0 Å². The van der Waals surface area contributed by atoms with Gasteiger partial charge in [0.2, 0.25) is 12.7 Å². The van der Waals surface area contributed by atoms with Crippen molar-refractivity contribution >= 4 is 0 Å². The molecule has 0 aromatic carbocycles. The van der Waals surface area contributed by atoms with E-state index in [1.54, 1.807) is 0 Å². The smallest absolute Gasteiger partial charge is 0.242 e. The van der Waals surface area contributed by atoms with Gasteiger partial charge in [-0.3, -0.25) is 4.57 Å². The Morgan fingerprint density at radius 2 is 2.36 bits per heavy atom. The Bertz CT molecular complexity index is 276. The van der Waals surface area contributed by atoms with Crippen molar-refractivity contribution in [2.75, 3.05) is 6.79 Å². The molecule has 0 spiro atoms. The highest BCUT2D eigenvalue weighted by atomic mass is 16.7. The Labute approximate surface area is 63.3 Å². The second kappa shape index (κ2) is 1.71. The summed E-state index contributed by atoms with van der Waals surface area (Å²) in [4.78, 5) is 0. The summed E-state index contributed by atoms with van der Waals surface area (Å²) in [7, 11) is 0. The highest BCUT2D eigenvalue weighted by Gasteiger charge is 2.25. The third-order valence-corrected chi connectivity index (χ3v) is 1.98. The molecule has 3 rings (SSSR count). The van der Waals surface area contributed by atoms with E-state index in [2.05, 4.69) is 0 Å². The van der Waals surface area contributed by atoms with Crippen molar-refractivity contribution in [2.45, 2.75) is 13.3 Å². The highest BCUT2D eigenvalue weighted by molar-refractivity contribution is 5.41. The molecule has 0 saturated carbocycles. The molecule has 2 aliphatic heterocycles. The maximum atomic E-state index is 5.24. The number of aromatic nitrogens is 1. The lowest BCUT2D eigenvalue weighted by atomic mass is 10.4. The molecular formula is C7H7NO3. The summed E-state index contributed by atoms with van der Waals surface area (Å²) in [6.45, 7) is 1.60. The van der Waals surface area contributed by atoms with Gasteiger partial charge in [0.1, 0.15) is 6.73 Å². The molecule has 0 aliphatic carbocycles. The first-order valence-electron chi connectivity index (χ1n) is 3.51. The summed E-state index contributed by atoms with van der Waals surface area (Å²) >= 11 is 0. The van der Waals surface area contributed by atoms with Crippen molar-refractivity contribution in [1.29, 1.82) is 0 Å². The van der Waals surface area contributed by atoms with Crippen LogP contribution < -0.4 is 9.47 Å². The van der Waals surface area contributed by atoms with Crippen LogP contribution in [0.5, 0.6) is 11.6 Å². The van der Waals surface area contributed by atoms with Crippen LogP contribution in [0, 0.1) is 0 Å². The van der Waals surface area contributed by atoms with E-state index in [9.17, 15) is 0 Å². The van der Waals surface area contributed by atoms with E-state index in [0.717, 1.165) is 17.3 Å². The summed E-state index contributed by atoms with van der Waals surface area (Å²) in [5.74, 6) is 1.67. The van der Waals surface area contributed by atoms with Crippen molar-refractivity contribution < 1.29 is 14.2 Å². The van der Waals surface area contributed by atoms with Crippen LogP contribution in [0.25, 0.3) is 0 Å². The zero-order valence-electron chi connectivity index (χ0n) is 5.87. The molecule has 1 aromatic heterocycles. The fraction of sp³-hybridized carbons (Fsp3) is 0.429. The number of ether oxygens (including phenoxy) is 3. The lowest BCUT2D eigenvalue weighted by Gasteiger charge is -1.98. The Kier molecular flexibility index (Phi) is 0.851. The quantitative estimate of drug-likeness (QED) is 0.550. The first-order valence-corrected chi connectivity index (χ1v) is 3.51. The van der Waals surface area contributed by atoms with Gasteiger partial charge in [-0.25, -0.2) is 0 Å². The van der Waals surface area contributed by atoms with E-state index in [1.807, 2.05) is 10.6 Å². The Morgan fingerprint density at radius 1 is 1.36 bits per heavy atom. The molecule has 2 aliphatic rings. The average Bonchev–Trinajstić information content (AvgIpc) is 2.52. The van der Waals surface area contributed by atoms with Crippen molar-refractivity contribution in [3.63, 3.8) is 0 Å². The Hall–Kier alpha value is -1.16. The van der Waals surface area contributed by atoms with Gasteiger partial charge in [0.05, 0.1) is 12.3 Å². The summed E-state index contributed by atoms with van der Waals surface area (Å²) in [5, 5.41) is 0. The molecular weight excluding hydrogens is 146 g/mol. The van der Waals surface area contributed by atoms with E-state index in [4.69, 9.17) is 14.2 Å². The fourth-order valence-electron chi connectivity index (χ4n) is 1.46. The van der Waals surface area contributed by atoms with Crippen molar-refractivity contribution in [1.82, 2.24) is 4.57 Å². The molecule has 0 bridgehead atoms. The number of hydrogen-bond donors (Lipinski definition) is 0. The molecule has 3 heterocycles. The van der Waals surface area contributed by atoms with E-state index in [-0.39, 0.29) is 0 Å². The van der Waals surface area contributed by atoms with E-state index in [1.165, 1.54) is 0 Å². The molecule has 1 aromatic rings. The fourth-order valence-corrected chi connectivity index (χ4v) is 1.46. The van der Waals surface area contributed by atoms with Crippen LogP contribution in [0.1, 0.15) is 5.69 Å². The van der Waals surface area contributed by atoms with Crippen LogP contribution >= 0.6 is 0 Å². The molecule has 0 unspecified atom stereocenters. The highest BCUT2D eigenvalue weighted by Crippen LogP contribution is 2.37. The van der Waals surface area contributed by atoms with E-state index < -0.39 is 0 Å². The summed E-state index contributed by atoms with van der Waals surface area (Å²) in [6, 6.07) is 1.97. The maximum Gasteiger partial charge on any atom is 0.242 e. The van der Waals surface area contributed by atoms with Gasteiger partial charge in [-0.2, -0.15) is 0 Å². The summed E-state index contributed by atoms with van der Waals surface area (Å²) in [5.41, 5.74) is 1.13. The van der Waals surface area contributed by atoms with Gasteiger partial charge in [-0.05, 0) is 0 Å².